The van der Waals surface area contributed by atoms with Gasteiger partial charge in [-0.3, -0.25) is 9.36 Å². The lowest BCUT2D eigenvalue weighted by Gasteiger charge is -2.24. The molecule has 0 fully saturated rings. The third-order valence-electron chi connectivity index (χ3n) is 6.96. The first kappa shape index (κ1) is 25.7. The van der Waals surface area contributed by atoms with E-state index in [1.54, 1.807) is 18.4 Å². The van der Waals surface area contributed by atoms with E-state index in [0.717, 1.165) is 33.8 Å². The second-order valence-corrected chi connectivity index (χ2v) is 10.7. The minimum absolute atomic E-state index is 0.172. The molecular weight excluding hydrogens is 494 g/mol. The van der Waals surface area contributed by atoms with Crippen molar-refractivity contribution in [2.45, 2.75) is 47.6 Å². The molecule has 0 aliphatic carbocycles. The standard InChI is InChI=1S/C31H31N3O3S/c1-7-37-30(36)27-21(5)32-31-34(28(27)23-12-8-18(2)9-13-23)29(35)26(38-31)17-24-16-20(4)33(22(24)6)25-14-10-19(3)11-15-25/h8-17,28H,7H2,1-6H3/t28-/m1/s1. The van der Waals surface area contributed by atoms with Crippen LogP contribution in [-0.2, 0) is 9.53 Å². The summed E-state index contributed by atoms with van der Waals surface area (Å²) in [5.74, 6) is -0.449. The van der Waals surface area contributed by atoms with Crippen LogP contribution in [0.2, 0.25) is 0 Å². The lowest BCUT2D eigenvalue weighted by Crippen LogP contribution is -2.39. The Hall–Kier alpha value is -3.97. The summed E-state index contributed by atoms with van der Waals surface area (Å²) in [6.07, 6.45) is 1.94. The normalized spacial score (nSPS) is 15.4. The van der Waals surface area contributed by atoms with Gasteiger partial charge in [-0.2, -0.15) is 0 Å². The molecule has 6 nitrogen and oxygen atoms in total. The Bertz CT molecular complexity index is 1750. The molecule has 5 rings (SSSR count). The summed E-state index contributed by atoms with van der Waals surface area (Å²) in [7, 11) is 0. The number of carbonyl (C=O) groups excluding carboxylic acids is 1. The first-order chi connectivity index (χ1) is 18.2. The van der Waals surface area contributed by atoms with Gasteiger partial charge in [0.15, 0.2) is 4.80 Å². The van der Waals surface area contributed by atoms with Crippen molar-refractivity contribution in [1.29, 1.82) is 0 Å². The fourth-order valence-corrected chi connectivity index (χ4v) is 6.06. The number of hydrogen-bond donors (Lipinski definition) is 0. The molecule has 194 valence electrons. The number of aryl methyl sites for hydroxylation is 3. The molecule has 3 heterocycles. The summed E-state index contributed by atoms with van der Waals surface area (Å²) >= 11 is 1.34. The van der Waals surface area contributed by atoms with Crippen molar-refractivity contribution in [3.63, 3.8) is 0 Å². The topological polar surface area (TPSA) is 65.6 Å². The molecule has 0 N–H and O–H groups in total. The third kappa shape index (κ3) is 4.47. The molecule has 4 aromatic rings. The van der Waals surface area contributed by atoms with Crippen LogP contribution in [0.25, 0.3) is 11.8 Å². The molecule has 7 heteroatoms. The molecule has 0 unspecified atom stereocenters. The molecule has 0 saturated heterocycles. The zero-order valence-corrected chi connectivity index (χ0v) is 23.3. The zero-order valence-electron chi connectivity index (χ0n) is 22.5. The average Bonchev–Trinajstić information content (AvgIpc) is 3.34. The summed E-state index contributed by atoms with van der Waals surface area (Å²) in [5.41, 5.74) is 8.14. The van der Waals surface area contributed by atoms with E-state index in [2.05, 4.69) is 60.7 Å². The fourth-order valence-electron chi connectivity index (χ4n) is 5.02. The highest BCUT2D eigenvalue weighted by atomic mass is 32.1. The second-order valence-electron chi connectivity index (χ2n) is 9.71. The van der Waals surface area contributed by atoms with Crippen LogP contribution in [0.15, 0.2) is 75.7 Å². The van der Waals surface area contributed by atoms with Crippen molar-refractivity contribution >= 4 is 23.4 Å². The number of ether oxygens (including phenoxy) is 1. The molecule has 1 aliphatic rings. The van der Waals surface area contributed by atoms with E-state index in [9.17, 15) is 9.59 Å². The van der Waals surface area contributed by atoms with E-state index in [1.165, 1.54) is 16.9 Å². The van der Waals surface area contributed by atoms with Gasteiger partial charge in [-0.15, -0.1) is 0 Å². The van der Waals surface area contributed by atoms with Crippen LogP contribution < -0.4 is 14.9 Å². The molecule has 1 atom stereocenters. The van der Waals surface area contributed by atoms with Crippen LogP contribution in [0.3, 0.4) is 0 Å². The van der Waals surface area contributed by atoms with Crippen LogP contribution in [-0.4, -0.2) is 21.7 Å². The van der Waals surface area contributed by atoms with E-state index in [-0.39, 0.29) is 12.2 Å². The van der Waals surface area contributed by atoms with Crippen molar-refractivity contribution in [3.05, 3.63) is 119 Å². The zero-order chi connectivity index (χ0) is 27.1. The van der Waals surface area contributed by atoms with Crippen LogP contribution >= 0.6 is 11.3 Å². The Morgan fingerprint density at radius 1 is 1.00 bits per heavy atom. The van der Waals surface area contributed by atoms with Crippen molar-refractivity contribution < 1.29 is 9.53 Å². The van der Waals surface area contributed by atoms with Crippen molar-refractivity contribution in [3.8, 4) is 5.69 Å². The molecule has 0 radical (unpaired) electrons. The van der Waals surface area contributed by atoms with Crippen LogP contribution in [0, 0.1) is 27.7 Å². The van der Waals surface area contributed by atoms with Gasteiger partial charge in [0, 0.05) is 17.1 Å². The number of thiazole rings is 1. The van der Waals surface area contributed by atoms with E-state index in [1.807, 2.05) is 37.3 Å². The number of carbonyl (C=O) groups is 1. The summed E-state index contributed by atoms with van der Waals surface area (Å²) in [4.78, 5) is 32.2. The van der Waals surface area contributed by atoms with Gasteiger partial charge in [0.05, 0.1) is 28.5 Å². The molecule has 1 aliphatic heterocycles. The smallest absolute Gasteiger partial charge is 0.338 e. The molecule has 0 amide bonds. The van der Waals surface area contributed by atoms with E-state index < -0.39 is 12.0 Å². The second kappa shape index (κ2) is 10.1. The van der Waals surface area contributed by atoms with Gasteiger partial charge in [-0.25, -0.2) is 9.79 Å². The van der Waals surface area contributed by atoms with Gasteiger partial charge in [0.2, 0.25) is 0 Å². The summed E-state index contributed by atoms with van der Waals surface area (Å²) < 4.78 is 9.79. The van der Waals surface area contributed by atoms with Gasteiger partial charge >= 0.3 is 5.97 Å². The highest BCUT2D eigenvalue weighted by molar-refractivity contribution is 7.07. The van der Waals surface area contributed by atoms with E-state index in [0.29, 0.717) is 20.6 Å². The van der Waals surface area contributed by atoms with E-state index in [4.69, 9.17) is 4.74 Å². The number of benzene rings is 2. The number of rotatable bonds is 5. The Kier molecular flexibility index (Phi) is 6.80. The van der Waals surface area contributed by atoms with Gasteiger partial charge in [-0.05, 0) is 76.9 Å². The molecule has 2 aromatic heterocycles. The molecule has 0 saturated carbocycles. The fraction of sp³-hybridized carbons (Fsp3) is 0.258. The lowest BCUT2D eigenvalue weighted by atomic mass is 9.95. The monoisotopic (exact) mass is 525 g/mol. The first-order valence-electron chi connectivity index (χ1n) is 12.7. The predicted octanol–water partition coefficient (Wildman–Crippen LogP) is 4.82. The number of nitrogens with zero attached hydrogens (tertiary/aromatic N) is 3. The number of esters is 1. The number of allylic oxidation sites excluding steroid dienone is 1. The Morgan fingerprint density at radius 3 is 2.26 bits per heavy atom. The summed E-state index contributed by atoms with van der Waals surface area (Å²) in [6, 6.07) is 17.8. The maximum atomic E-state index is 13.9. The van der Waals surface area contributed by atoms with Crippen molar-refractivity contribution in [1.82, 2.24) is 9.13 Å². The maximum absolute atomic E-state index is 13.9. The average molecular weight is 526 g/mol. The highest BCUT2D eigenvalue weighted by Crippen LogP contribution is 2.31. The molecule has 2 aromatic carbocycles. The third-order valence-corrected chi connectivity index (χ3v) is 7.94. The van der Waals surface area contributed by atoms with Gasteiger partial charge in [0.25, 0.3) is 5.56 Å². The minimum atomic E-state index is -0.604. The Morgan fingerprint density at radius 2 is 1.63 bits per heavy atom. The molecule has 0 spiro atoms. The van der Waals surface area contributed by atoms with Gasteiger partial charge in [-0.1, -0.05) is 58.9 Å². The molecule has 38 heavy (non-hydrogen) atoms. The Balaban J connectivity index is 1.68. The van der Waals surface area contributed by atoms with Gasteiger partial charge in [0.1, 0.15) is 0 Å². The number of aromatic nitrogens is 2. The predicted molar refractivity (Wildman–Crippen MR) is 152 cm³/mol. The number of hydrogen-bond acceptors (Lipinski definition) is 5. The number of fused-ring (bicyclic) bond motifs is 1. The lowest BCUT2D eigenvalue weighted by molar-refractivity contribution is -0.139. The highest BCUT2D eigenvalue weighted by Gasteiger charge is 2.33. The van der Waals surface area contributed by atoms with Gasteiger partial charge < -0.3 is 9.30 Å². The largest absolute Gasteiger partial charge is 0.463 e. The SMILES string of the molecule is CCOC(=O)C1=C(C)N=c2sc(=Cc3cc(C)n(-c4ccc(C)cc4)c3C)c(=O)n2[C@@H]1c1ccc(C)cc1. The van der Waals surface area contributed by atoms with Crippen molar-refractivity contribution in [2.24, 2.45) is 4.99 Å². The Labute approximate surface area is 225 Å². The summed E-state index contributed by atoms with van der Waals surface area (Å²) in [5, 5.41) is 0. The van der Waals surface area contributed by atoms with Crippen molar-refractivity contribution in [2.75, 3.05) is 6.61 Å². The molecule has 0 bridgehead atoms. The first-order valence-corrected chi connectivity index (χ1v) is 13.5. The minimum Gasteiger partial charge on any atom is -0.463 e. The van der Waals surface area contributed by atoms with Crippen LogP contribution in [0.4, 0.5) is 0 Å². The quantitative estimate of drug-likeness (QED) is 0.351. The van der Waals surface area contributed by atoms with Crippen LogP contribution in [0.1, 0.15) is 53.5 Å². The maximum Gasteiger partial charge on any atom is 0.338 e. The molecular formula is C31H31N3O3S. The van der Waals surface area contributed by atoms with Crippen LogP contribution in [0.5, 0.6) is 0 Å². The summed E-state index contributed by atoms with van der Waals surface area (Å²) in [6.45, 7) is 12.0. The van der Waals surface area contributed by atoms with E-state index >= 15 is 0 Å².